The number of aliphatic carboxylic acids is 1. The summed E-state index contributed by atoms with van der Waals surface area (Å²) in [5.41, 5.74) is 4.13. The molecule has 3 rings (SSSR count). The lowest BCUT2D eigenvalue weighted by atomic mass is 10.0. The van der Waals surface area contributed by atoms with Gasteiger partial charge in [0, 0.05) is 12.2 Å². The molecule has 0 aliphatic heterocycles. The molecule has 0 radical (unpaired) electrons. The highest BCUT2D eigenvalue weighted by atomic mass is 79.9. The van der Waals surface area contributed by atoms with Gasteiger partial charge >= 0.3 is 11.9 Å². The van der Waals surface area contributed by atoms with E-state index in [-0.39, 0.29) is 10.6 Å². The summed E-state index contributed by atoms with van der Waals surface area (Å²) in [5.74, 6) is -1.83. The lowest BCUT2D eigenvalue weighted by Gasteiger charge is -2.10. The average molecular weight is 504 g/mol. The maximum absolute atomic E-state index is 11.6. The zero-order chi connectivity index (χ0) is 22.5. The average Bonchev–Trinajstić information content (AvgIpc) is 3.07. The molecule has 6 nitrogen and oxygen atoms in total. The first-order chi connectivity index (χ1) is 14.8. The van der Waals surface area contributed by atoms with Crippen molar-refractivity contribution in [1.29, 1.82) is 0 Å². The van der Waals surface area contributed by atoms with Gasteiger partial charge in [-0.3, -0.25) is 0 Å². The number of carboxylic acids is 2. The lowest BCUT2D eigenvalue weighted by Crippen LogP contribution is -2.11. The van der Waals surface area contributed by atoms with Crippen molar-refractivity contribution in [3.8, 4) is 16.2 Å². The van der Waals surface area contributed by atoms with Crippen LogP contribution < -0.4 is 10.1 Å². The van der Waals surface area contributed by atoms with Gasteiger partial charge in [-0.25, -0.2) is 9.59 Å². The standard InChI is InChI=1S/C23H22BrNO5S/c1-13(2)15-8-6-14(7-9-15)11-25-17-5-3-4-16(10-17)21-19(24)20(30-12-18(26)27)22(31-21)23(28)29/h3-10,13,25H,11-12H2,1-2H3,(H,26,27)(H,28,29). The first-order valence-corrected chi connectivity index (χ1v) is 11.2. The van der Waals surface area contributed by atoms with Gasteiger partial charge in [-0.05, 0) is 50.7 Å². The molecule has 2 aromatic carbocycles. The maximum atomic E-state index is 11.6. The molecule has 1 heterocycles. The second-order valence-corrected chi connectivity index (χ2v) is 9.04. The van der Waals surface area contributed by atoms with E-state index in [2.05, 4.69) is 59.4 Å². The Bertz CT molecular complexity index is 1090. The number of rotatable bonds is 9. The first kappa shape index (κ1) is 22.8. The molecular weight excluding hydrogens is 482 g/mol. The molecular formula is C23H22BrNO5S. The number of thiophene rings is 1. The van der Waals surface area contributed by atoms with Gasteiger partial charge < -0.3 is 20.3 Å². The Morgan fingerprint density at radius 3 is 2.45 bits per heavy atom. The molecule has 0 amide bonds. The van der Waals surface area contributed by atoms with Crippen LogP contribution in [0.4, 0.5) is 5.69 Å². The van der Waals surface area contributed by atoms with E-state index in [1.54, 1.807) is 0 Å². The SMILES string of the molecule is CC(C)c1ccc(CNc2cccc(-c3sc(C(=O)O)c(OCC(=O)O)c3Br)c2)cc1. The van der Waals surface area contributed by atoms with Crippen molar-refractivity contribution in [3.05, 3.63) is 69.0 Å². The van der Waals surface area contributed by atoms with Crippen molar-refractivity contribution in [2.75, 3.05) is 11.9 Å². The molecule has 31 heavy (non-hydrogen) atoms. The molecule has 3 aromatic rings. The summed E-state index contributed by atoms with van der Waals surface area (Å²) in [5, 5.41) is 21.7. The van der Waals surface area contributed by atoms with Crippen LogP contribution >= 0.6 is 27.3 Å². The number of carboxylic acid groups (broad SMARTS) is 2. The van der Waals surface area contributed by atoms with Crippen LogP contribution in [0.25, 0.3) is 10.4 Å². The maximum Gasteiger partial charge on any atom is 0.349 e. The Morgan fingerprint density at radius 2 is 1.84 bits per heavy atom. The molecule has 0 atom stereocenters. The minimum atomic E-state index is -1.18. The van der Waals surface area contributed by atoms with Crippen molar-refractivity contribution in [2.24, 2.45) is 0 Å². The van der Waals surface area contributed by atoms with E-state index in [1.165, 1.54) is 5.56 Å². The highest BCUT2D eigenvalue weighted by molar-refractivity contribution is 9.10. The number of anilines is 1. The quantitative estimate of drug-likeness (QED) is 0.327. The number of ether oxygens (including phenoxy) is 1. The highest BCUT2D eigenvalue weighted by Gasteiger charge is 2.24. The molecule has 0 fully saturated rings. The fourth-order valence-corrected chi connectivity index (χ4v) is 4.87. The molecule has 0 bridgehead atoms. The molecule has 3 N–H and O–H groups in total. The number of benzene rings is 2. The van der Waals surface area contributed by atoms with Crippen LogP contribution in [-0.4, -0.2) is 28.8 Å². The second kappa shape index (κ2) is 9.98. The summed E-state index contributed by atoms with van der Waals surface area (Å²) in [7, 11) is 0. The van der Waals surface area contributed by atoms with Gasteiger partial charge in [0.1, 0.15) is 0 Å². The van der Waals surface area contributed by atoms with Crippen molar-refractivity contribution in [2.45, 2.75) is 26.3 Å². The fraction of sp³-hybridized carbons (Fsp3) is 0.217. The van der Waals surface area contributed by atoms with E-state index in [9.17, 15) is 14.7 Å². The zero-order valence-electron chi connectivity index (χ0n) is 17.0. The topological polar surface area (TPSA) is 95.9 Å². The highest BCUT2D eigenvalue weighted by Crippen LogP contribution is 2.46. The minimum Gasteiger partial charge on any atom is -0.479 e. The summed E-state index contributed by atoms with van der Waals surface area (Å²) >= 11 is 4.42. The van der Waals surface area contributed by atoms with Gasteiger partial charge in [0.15, 0.2) is 17.2 Å². The monoisotopic (exact) mass is 503 g/mol. The van der Waals surface area contributed by atoms with Crippen LogP contribution in [0.15, 0.2) is 53.0 Å². The summed E-state index contributed by atoms with van der Waals surface area (Å²) in [6.07, 6.45) is 0. The van der Waals surface area contributed by atoms with Crippen molar-refractivity contribution in [3.63, 3.8) is 0 Å². The van der Waals surface area contributed by atoms with Gasteiger partial charge in [0.05, 0.1) is 9.35 Å². The van der Waals surface area contributed by atoms with Crippen LogP contribution in [0, 0.1) is 0 Å². The van der Waals surface area contributed by atoms with Crippen LogP contribution in [0.3, 0.4) is 0 Å². The molecule has 162 valence electrons. The number of halogens is 1. The second-order valence-electron chi connectivity index (χ2n) is 7.22. The summed E-state index contributed by atoms with van der Waals surface area (Å²) in [4.78, 5) is 23.0. The number of hydrogen-bond acceptors (Lipinski definition) is 5. The predicted octanol–water partition coefficient (Wildman–Crippen LogP) is 6.07. The van der Waals surface area contributed by atoms with E-state index in [0.29, 0.717) is 21.8 Å². The van der Waals surface area contributed by atoms with Crippen LogP contribution in [0.2, 0.25) is 0 Å². The Balaban J connectivity index is 1.81. The molecule has 0 saturated heterocycles. The molecule has 0 spiro atoms. The molecule has 1 aromatic heterocycles. The smallest absolute Gasteiger partial charge is 0.349 e. The molecule has 0 saturated carbocycles. The zero-order valence-corrected chi connectivity index (χ0v) is 19.4. The Hall–Kier alpha value is -2.84. The largest absolute Gasteiger partial charge is 0.479 e. The Kier molecular flexibility index (Phi) is 7.35. The first-order valence-electron chi connectivity index (χ1n) is 9.59. The normalized spacial score (nSPS) is 10.8. The number of nitrogens with one attached hydrogen (secondary N) is 1. The minimum absolute atomic E-state index is 0.0264. The number of aromatic carboxylic acids is 1. The van der Waals surface area contributed by atoms with Gasteiger partial charge in [0.25, 0.3) is 0 Å². The Morgan fingerprint density at radius 1 is 1.13 bits per heavy atom. The fourth-order valence-electron chi connectivity index (χ4n) is 2.98. The third-order valence-electron chi connectivity index (χ3n) is 4.61. The molecule has 0 unspecified atom stereocenters. The van der Waals surface area contributed by atoms with E-state index in [0.717, 1.165) is 28.2 Å². The number of hydrogen-bond donors (Lipinski definition) is 3. The molecule has 8 heteroatoms. The van der Waals surface area contributed by atoms with Crippen LogP contribution in [0.5, 0.6) is 5.75 Å². The summed E-state index contributed by atoms with van der Waals surface area (Å²) < 4.78 is 5.65. The molecule has 0 aliphatic carbocycles. The van der Waals surface area contributed by atoms with Crippen LogP contribution in [0.1, 0.15) is 40.6 Å². The predicted molar refractivity (Wildman–Crippen MR) is 125 cm³/mol. The van der Waals surface area contributed by atoms with E-state index in [4.69, 9.17) is 9.84 Å². The van der Waals surface area contributed by atoms with Crippen molar-refractivity contribution in [1.82, 2.24) is 0 Å². The Labute approximate surface area is 192 Å². The summed E-state index contributed by atoms with van der Waals surface area (Å²) in [6, 6.07) is 16.1. The van der Waals surface area contributed by atoms with Crippen molar-refractivity contribution < 1.29 is 24.5 Å². The van der Waals surface area contributed by atoms with Crippen molar-refractivity contribution >= 4 is 44.9 Å². The number of carbonyl (C=O) groups is 2. The van der Waals surface area contributed by atoms with E-state index < -0.39 is 18.5 Å². The van der Waals surface area contributed by atoms with Gasteiger partial charge in [0.2, 0.25) is 0 Å². The van der Waals surface area contributed by atoms with Crippen LogP contribution in [-0.2, 0) is 11.3 Å². The van der Waals surface area contributed by atoms with E-state index >= 15 is 0 Å². The lowest BCUT2D eigenvalue weighted by molar-refractivity contribution is -0.139. The third-order valence-corrected chi connectivity index (χ3v) is 6.84. The molecule has 0 aliphatic rings. The summed E-state index contributed by atoms with van der Waals surface area (Å²) in [6.45, 7) is 4.36. The van der Waals surface area contributed by atoms with Gasteiger partial charge in [-0.15, -0.1) is 11.3 Å². The third kappa shape index (κ3) is 5.65. The van der Waals surface area contributed by atoms with Gasteiger partial charge in [-0.2, -0.15) is 0 Å². The van der Waals surface area contributed by atoms with E-state index in [1.807, 2.05) is 24.3 Å². The van der Waals surface area contributed by atoms with Gasteiger partial charge in [-0.1, -0.05) is 50.2 Å².